The van der Waals surface area contributed by atoms with E-state index in [2.05, 4.69) is 0 Å². The minimum atomic E-state index is -1.51. The van der Waals surface area contributed by atoms with E-state index in [1.54, 1.807) is 36.4 Å². The van der Waals surface area contributed by atoms with Crippen molar-refractivity contribution in [3.05, 3.63) is 142 Å². The van der Waals surface area contributed by atoms with Gasteiger partial charge in [-0.25, -0.2) is 0 Å². The first-order chi connectivity index (χ1) is 18.9. The number of para-hydroxylation sites is 1. The van der Waals surface area contributed by atoms with Crippen LogP contribution in [0.3, 0.4) is 0 Å². The molecule has 0 saturated carbocycles. The number of ketones is 3. The van der Waals surface area contributed by atoms with E-state index in [4.69, 9.17) is 11.6 Å². The second-order valence-corrected chi connectivity index (χ2v) is 11.0. The van der Waals surface area contributed by atoms with Crippen LogP contribution < -0.4 is 4.90 Å². The molecule has 4 aromatic carbocycles. The molecule has 1 fully saturated rings. The van der Waals surface area contributed by atoms with Gasteiger partial charge in [0.2, 0.25) is 0 Å². The lowest BCUT2D eigenvalue weighted by molar-refractivity contribution is 0.0666. The number of hydrogen-bond acceptors (Lipinski definition) is 4. The molecule has 5 heteroatoms. The molecular formula is C34H24ClNO3. The molecule has 2 heterocycles. The van der Waals surface area contributed by atoms with Crippen molar-refractivity contribution in [2.75, 3.05) is 4.90 Å². The number of hydrogen-bond donors (Lipinski definition) is 0. The Morgan fingerprint density at radius 1 is 0.795 bits per heavy atom. The lowest BCUT2D eigenvalue weighted by atomic mass is 9.64. The third-order valence-electron chi connectivity index (χ3n) is 8.55. The third kappa shape index (κ3) is 3.22. The van der Waals surface area contributed by atoms with E-state index in [0.29, 0.717) is 21.7 Å². The van der Waals surface area contributed by atoms with Gasteiger partial charge in [0, 0.05) is 33.3 Å². The zero-order chi connectivity index (χ0) is 26.9. The van der Waals surface area contributed by atoms with Gasteiger partial charge in [0.25, 0.3) is 0 Å². The number of carbonyl (C=O) groups excluding carboxylic acids is 3. The maximum Gasteiger partial charge on any atom is 0.185 e. The van der Waals surface area contributed by atoms with E-state index >= 15 is 0 Å². The highest BCUT2D eigenvalue weighted by atomic mass is 35.5. The van der Waals surface area contributed by atoms with Crippen molar-refractivity contribution in [1.82, 2.24) is 0 Å². The van der Waals surface area contributed by atoms with E-state index < -0.39 is 23.4 Å². The first-order valence-corrected chi connectivity index (χ1v) is 13.4. The maximum absolute atomic E-state index is 14.6. The van der Waals surface area contributed by atoms with Gasteiger partial charge in [-0.1, -0.05) is 108 Å². The monoisotopic (exact) mass is 529 g/mol. The van der Waals surface area contributed by atoms with Gasteiger partial charge < -0.3 is 4.90 Å². The maximum atomic E-state index is 14.6. The normalized spacial score (nSPS) is 22.1. The summed E-state index contributed by atoms with van der Waals surface area (Å²) in [4.78, 5) is 45.8. The lowest BCUT2D eigenvalue weighted by Gasteiger charge is -2.37. The average Bonchev–Trinajstić information content (AvgIpc) is 3.40. The van der Waals surface area contributed by atoms with Gasteiger partial charge in [0.1, 0.15) is 11.5 Å². The standard InChI is InChI=1S/C34H24ClNO3/c1-20-10-12-23(13-11-20)31(37)30-29(22-14-17-24(35)18-15-22)34(32(38)25-7-3-4-8-26(25)33(34)39)28-19-16-21-6-2-5-9-27(21)36(28)30/h2-19,28-30H,1H3/t28-,29+,30+/m1/s1. The Kier molecular flexibility index (Phi) is 5.26. The summed E-state index contributed by atoms with van der Waals surface area (Å²) in [5.41, 5.74) is 3.42. The molecule has 1 saturated heterocycles. The summed E-state index contributed by atoms with van der Waals surface area (Å²) in [5.74, 6) is -1.34. The third-order valence-corrected chi connectivity index (χ3v) is 8.80. The number of rotatable bonds is 3. The molecule has 0 aromatic heterocycles. The molecule has 1 spiro atoms. The van der Waals surface area contributed by atoms with Crippen LogP contribution in [0, 0.1) is 12.3 Å². The average molecular weight is 530 g/mol. The van der Waals surface area contributed by atoms with Crippen molar-refractivity contribution in [3.63, 3.8) is 0 Å². The van der Waals surface area contributed by atoms with Crippen LogP contribution in [-0.2, 0) is 0 Å². The summed E-state index contributed by atoms with van der Waals surface area (Å²) in [5, 5.41) is 0.544. The van der Waals surface area contributed by atoms with E-state index in [-0.39, 0.29) is 17.3 Å². The van der Waals surface area contributed by atoms with Gasteiger partial charge in [-0.15, -0.1) is 0 Å². The molecule has 3 aliphatic rings. The summed E-state index contributed by atoms with van der Waals surface area (Å²) in [7, 11) is 0. The number of Topliss-reactive ketones (excluding diaryl/α,β-unsaturated/α-hetero) is 3. The Labute approximate surface area is 231 Å². The van der Waals surface area contributed by atoms with Crippen LogP contribution in [0.5, 0.6) is 0 Å². The molecule has 0 N–H and O–H groups in total. The van der Waals surface area contributed by atoms with Crippen molar-refractivity contribution >= 4 is 40.7 Å². The quantitative estimate of drug-likeness (QED) is 0.212. The number of nitrogens with zero attached hydrogens (tertiary/aromatic N) is 1. The van der Waals surface area contributed by atoms with Gasteiger partial charge in [0.15, 0.2) is 17.3 Å². The Morgan fingerprint density at radius 3 is 2.08 bits per heavy atom. The Bertz CT molecular complexity index is 1670. The first kappa shape index (κ1) is 23.8. The van der Waals surface area contributed by atoms with Crippen LogP contribution in [0.2, 0.25) is 5.02 Å². The molecule has 0 unspecified atom stereocenters. The SMILES string of the molecule is Cc1ccc(C(=O)[C@@H]2[C@H](c3ccc(Cl)cc3)C3(C(=O)c4ccccc4C3=O)[C@H]3C=Cc4ccccc4N23)cc1. The summed E-state index contributed by atoms with van der Waals surface area (Å²) in [6.45, 7) is 1.98. The van der Waals surface area contributed by atoms with Crippen LogP contribution in [-0.4, -0.2) is 29.4 Å². The van der Waals surface area contributed by atoms with Crippen LogP contribution in [0.25, 0.3) is 6.08 Å². The van der Waals surface area contributed by atoms with Gasteiger partial charge in [-0.2, -0.15) is 0 Å². The highest BCUT2D eigenvalue weighted by Gasteiger charge is 2.71. The topological polar surface area (TPSA) is 54.5 Å². The Hall–Kier alpha value is -4.28. The first-order valence-electron chi connectivity index (χ1n) is 13.0. The van der Waals surface area contributed by atoms with Crippen molar-refractivity contribution in [1.29, 1.82) is 0 Å². The summed E-state index contributed by atoms with van der Waals surface area (Å²) in [6, 6.07) is 28.1. The van der Waals surface area contributed by atoms with Gasteiger partial charge in [-0.3, -0.25) is 14.4 Å². The molecule has 3 atom stereocenters. The molecule has 0 bridgehead atoms. The molecule has 4 aromatic rings. The van der Waals surface area contributed by atoms with Crippen molar-refractivity contribution in [2.45, 2.75) is 24.9 Å². The number of aryl methyl sites for hydroxylation is 1. The summed E-state index contributed by atoms with van der Waals surface area (Å²) >= 11 is 6.28. The molecule has 190 valence electrons. The van der Waals surface area contributed by atoms with E-state index in [0.717, 1.165) is 22.4 Å². The molecule has 1 aliphatic carbocycles. The fourth-order valence-corrected chi connectivity index (χ4v) is 6.98. The zero-order valence-corrected chi connectivity index (χ0v) is 21.9. The van der Waals surface area contributed by atoms with Gasteiger partial charge >= 0.3 is 0 Å². The summed E-state index contributed by atoms with van der Waals surface area (Å²) < 4.78 is 0. The minimum absolute atomic E-state index is 0.126. The van der Waals surface area contributed by atoms with Gasteiger partial charge in [0.05, 0.1) is 6.04 Å². The number of carbonyl (C=O) groups is 3. The number of benzene rings is 4. The molecule has 39 heavy (non-hydrogen) atoms. The van der Waals surface area contributed by atoms with E-state index in [1.807, 2.05) is 84.6 Å². The second-order valence-electron chi connectivity index (χ2n) is 10.5. The molecular weight excluding hydrogens is 506 g/mol. The second kappa shape index (κ2) is 8.62. The van der Waals surface area contributed by atoms with Crippen LogP contribution >= 0.6 is 11.6 Å². The number of anilines is 1. The van der Waals surface area contributed by atoms with E-state index in [1.165, 1.54) is 0 Å². The largest absolute Gasteiger partial charge is 0.352 e. The highest BCUT2D eigenvalue weighted by molar-refractivity contribution is 6.32. The molecule has 2 aliphatic heterocycles. The number of halogens is 1. The molecule has 0 amide bonds. The lowest BCUT2D eigenvalue weighted by Crippen LogP contribution is -2.48. The Morgan fingerprint density at radius 2 is 1.41 bits per heavy atom. The molecule has 4 nitrogen and oxygen atoms in total. The fraction of sp³-hybridized carbons (Fsp3) is 0.147. The predicted octanol–water partition coefficient (Wildman–Crippen LogP) is 6.96. The van der Waals surface area contributed by atoms with Crippen LogP contribution in [0.1, 0.15) is 53.7 Å². The summed E-state index contributed by atoms with van der Waals surface area (Å²) in [6.07, 6.45) is 3.91. The van der Waals surface area contributed by atoms with E-state index in [9.17, 15) is 14.4 Å². The Balaban J connectivity index is 1.54. The molecule has 7 rings (SSSR count). The minimum Gasteiger partial charge on any atom is -0.352 e. The van der Waals surface area contributed by atoms with Crippen LogP contribution in [0.4, 0.5) is 5.69 Å². The number of fused-ring (bicyclic) bond motifs is 5. The fourth-order valence-electron chi connectivity index (χ4n) is 6.85. The van der Waals surface area contributed by atoms with Gasteiger partial charge in [-0.05, 0) is 36.2 Å². The van der Waals surface area contributed by atoms with Crippen molar-refractivity contribution in [3.8, 4) is 0 Å². The van der Waals surface area contributed by atoms with Crippen LogP contribution in [0.15, 0.2) is 103 Å². The zero-order valence-electron chi connectivity index (χ0n) is 21.2. The highest BCUT2D eigenvalue weighted by Crippen LogP contribution is 2.61. The van der Waals surface area contributed by atoms with Crippen molar-refractivity contribution in [2.24, 2.45) is 5.41 Å². The predicted molar refractivity (Wildman–Crippen MR) is 153 cm³/mol. The molecule has 0 radical (unpaired) electrons. The smallest absolute Gasteiger partial charge is 0.185 e. The van der Waals surface area contributed by atoms with Crippen molar-refractivity contribution < 1.29 is 14.4 Å².